The summed E-state index contributed by atoms with van der Waals surface area (Å²) in [5.41, 5.74) is 4.14. The summed E-state index contributed by atoms with van der Waals surface area (Å²) in [5, 5.41) is 13.5. The molecule has 1 saturated heterocycles. The number of terminal acetylenes is 1. The van der Waals surface area contributed by atoms with Gasteiger partial charge >= 0.3 is 0 Å². The second-order valence-electron chi connectivity index (χ2n) is 10.2. The summed E-state index contributed by atoms with van der Waals surface area (Å²) >= 11 is 0. The highest BCUT2D eigenvalue weighted by atomic mass is 32.2. The normalized spacial score (nSPS) is 26.8. The number of fused-ring (bicyclic) bond motifs is 2. The van der Waals surface area contributed by atoms with Gasteiger partial charge in [-0.15, -0.1) is 6.42 Å². The minimum absolute atomic E-state index is 0.0670. The summed E-state index contributed by atoms with van der Waals surface area (Å²) < 4.78 is 12.9. The number of nitrogens with one attached hydrogen (secondary N) is 1. The molecule has 6 rings (SSSR count). The second-order valence-corrected chi connectivity index (χ2v) is 11.7. The van der Waals surface area contributed by atoms with Crippen molar-refractivity contribution in [2.45, 2.75) is 49.0 Å². The first kappa shape index (κ1) is 21.8. The van der Waals surface area contributed by atoms with E-state index in [0.717, 1.165) is 73.7 Å². The van der Waals surface area contributed by atoms with Gasteiger partial charge < -0.3 is 15.3 Å². The molecule has 2 N–H and O–H groups in total. The third-order valence-corrected chi connectivity index (χ3v) is 9.53. The molecule has 2 aliphatic heterocycles. The zero-order valence-electron chi connectivity index (χ0n) is 19.3. The Morgan fingerprint density at radius 1 is 1.21 bits per heavy atom. The molecule has 3 heterocycles. The van der Waals surface area contributed by atoms with Crippen LogP contribution in [0.15, 0.2) is 35.2 Å². The van der Waals surface area contributed by atoms with Crippen LogP contribution in [0, 0.1) is 24.2 Å². The Bertz CT molecular complexity index is 1210. The van der Waals surface area contributed by atoms with E-state index in [0.29, 0.717) is 23.4 Å². The van der Waals surface area contributed by atoms with Crippen LogP contribution in [0.5, 0.6) is 0 Å². The van der Waals surface area contributed by atoms with Gasteiger partial charge in [0, 0.05) is 24.4 Å². The Hall–Kier alpha value is -2.69. The van der Waals surface area contributed by atoms with Crippen molar-refractivity contribution in [1.29, 1.82) is 0 Å². The lowest BCUT2D eigenvalue weighted by Crippen LogP contribution is -2.49. The number of aromatic nitrogens is 2. The van der Waals surface area contributed by atoms with Gasteiger partial charge in [0.15, 0.2) is 0 Å². The number of anilines is 2. The lowest BCUT2D eigenvalue weighted by Gasteiger charge is -2.42. The minimum atomic E-state index is -1.09. The maximum absolute atomic E-state index is 12.9. The van der Waals surface area contributed by atoms with E-state index < -0.39 is 10.8 Å². The van der Waals surface area contributed by atoms with Crippen molar-refractivity contribution >= 4 is 28.1 Å². The lowest BCUT2D eigenvalue weighted by atomic mass is 9.77. The molecule has 0 spiro atoms. The van der Waals surface area contributed by atoms with Crippen LogP contribution in [0.1, 0.15) is 48.9 Å². The van der Waals surface area contributed by atoms with Gasteiger partial charge in [0.05, 0.1) is 28.6 Å². The number of hydrogen-bond acceptors (Lipinski definition) is 6. The van der Waals surface area contributed by atoms with Crippen molar-refractivity contribution in [2.24, 2.45) is 11.8 Å². The summed E-state index contributed by atoms with van der Waals surface area (Å²) in [4.78, 5) is 12.9. The van der Waals surface area contributed by atoms with Gasteiger partial charge in [-0.3, -0.25) is 4.21 Å². The van der Waals surface area contributed by atoms with Gasteiger partial charge in [0.25, 0.3) is 0 Å². The molecule has 2 aliphatic carbocycles. The molecule has 176 valence electrons. The minimum Gasteiger partial charge on any atom is -0.394 e. The average molecular weight is 475 g/mol. The number of rotatable bonds is 5. The third-order valence-electron chi connectivity index (χ3n) is 7.99. The monoisotopic (exact) mass is 474 g/mol. The number of aliphatic hydroxyl groups is 1. The molecule has 4 aliphatic rings. The highest BCUT2D eigenvalue weighted by molar-refractivity contribution is 7.85. The maximum atomic E-state index is 12.9. The fourth-order valence-corrected chi connectivity index (χ4v) is 7.17. The number of aliphatic hydroxyl groups excluding tert-OH is 1. The largest absolute Gasteiger partial charge is 0.394 e. The Kier molecular flexibility index (Phi) is 5.46. The molecule has 2 fully saturated rings. The van der Waals surface area contributed by atoms with Crippen LogP contribution in [0.4, 0.5) is 11.8 Å². The summed E-state index contributed by atoms with van der Waals surface area (Å²) in [7, 11) is -1.09. The first-order valence-electron chi connectivity index (χ1n) is 12.3. The van der Waals surface area contributed by atoms with Gasteiger partial charge in [-0.1, -0.05) is 24.1 Å². The molecule has 2 aromatic rings. The van der Waals surface area contributed by atoms with Crippen molar-refractivity contribution in [3.63, 3.8) is 0 Å². The van der Waals surface area contributed by atoms with E-state index in [1.807, 2.05) is 12.1 Å². The van der Waals surface area contributed by atoms with Crippen LogP contribution in [0.25, 0.3) is 5.57 Å². The first-order valence-corrected chi connectivity index (χ1v) is 13.6. The lowest BCUT2D eigenvalue weighted by molar-refractivity contribution is 0.143. The molecular formula is C27H30N4O2S. The highest BCUT2D eigenvalue weighted by Crippen LogP contribution is 2.43. The quantitative estimate of drug-likeness (QED) is 0.647. The van der Waals surface area contributed by atoms with Crippen LogP contribution < -0.4 is 10.2 Å². The third kappa shape index (κ3) is 3.73. The van der Waals surface area contributed by atoms with Crippen LogP contribution >= 0.6 is 0 Å². The first-order chi connectivity index (χ1) is 16.6. The molecule has 1 saturated carbocycles. The van der Waals surface area contributed by atoms with E-state index in [4.69, 9.17) is 16.4 Å². The zero-order valence-corrected chi connectivity index (χ0v) is 20.1. The summed E-state index contributed by atoms with van der Waals surface area (Å²) in [6, 6.07) is 8.28. The van der Waals surface area contributed by atoms with Crippen molar-refractivity contribution in [3.05, 3.63) is 47.2 Å². The smallest absolute Gasteiger partial charge is 0.227 e. The predicted molar refractivity (Wildman–Crippen MR) is 135 cm³/mol. The van der Waals surface area contributed by atoms with Crippen molar-refractivity contribution < 1.29 is 9.32 Å². The summed E-state index contributed by atoms with van der Waals surface area (Å²) in [6.07, 6.45) is 13.6. The standard InChI is InChI=1S/C27H30N4O2S/c1-2-18-6-8-19(9-7-18)20-13-21-15-31(16-22(21)14-20)26-28-23-5-3-12-34(33)24(23)25(29-26)30-27(17-32)10-4-11-27/h1,6-9,13,21-22,32H,3-5,10-12,14-17H2,(H,28,29,30)/t21-,22+,34+/m1/s1. The van der Waals surface area contributed by atoms with Gasteiger partial charge in [-0.25, -0.2) is 4.98 Å². The van der Waals surface area contributed by atoms with E-state index in [1.165, 1.54) is 11.1 Å². The van der Waals surface area contributed by atoms with Crippen molar-refractivity contribution in [3.8, 4) is 12.3 Å². The Morgan fingerprint density at radius 3 is 2.71 bits per heavy atom. The van der Waals surface area contributed by atoms with Crippen LogP contribution in [0.3, 0.4) is 0 Å². The molecular weight excluding hydrogens is 444 g/mol. The van der Waals surface area contributed by atoms with Gasteiger partial charge in [-0.2, -0.15) is 4.98 Å². The fourth-order valence-electron chi connectivity index (χ4n) is 5.84. The number of allylic oxidation sites excluding steroid dienone is 1. The maximum Gasteiger partial charge on any atom is 0.227 e. The van der Waals surface area contributed by atoms with Crippen LogP contribution in [0.2, 0.25) is 0 Å². The van der Waals surface area contributed by atoms with E-state index in [2.05, 4.69) is 34.3 Å². The number of benzene rings is 1. The van der Waals surface area contributed by atoms with Crippen molar-refractivity contribution in [1.82, 2.24) is 9.97 Å². The zero-order chi connectivity index (χ0) is 23.3. The number of aryl methyl sites for hydroxylation is 1. The van der Waals surface area contributed by atoms with Gasteiger partial charge in [-0.05, 0) is 73.6 Å². The SMILES string of the molecule is C#Cc1ccc(C2=C[C@@H]3CN(c4nc5c(c(NC6(CO)CCC6)n4)[S@@](=O)CCC5)C[C@@H]3C2)cc1. The topological polar surface area (TPSA) is 78.3 Å². The molecule has 34 heavy (non-hydrogen) atoms. The van der Waals surface area contributed by atoms with Gasteiger partial charge in [0.1, 0.15) is 10.7 Å². The molecule has 1 aromatic carbocycles. The highest BCUT2D eigenvalue weighted by Gasteiger charge is 2.40. The molecule has 3 atom stereocenters. The number of nitrogens with zero attached hydrogens (tertiary/aromatic N) is 3. The Morgan fingerprint density at radius 2 is 2.03 bits per heavy atom. The van der Waals surface area contributed by atoms with E-state index in [9.17, 15) is 9.32 Å². The fraction of sp³-hybridized carbons (Fsp3) is 0.481. The second kappa shape index (κ2) is 8.51. The molecule has 1 aromatic heterocycles. The molecule has 0 amide bonds. The van der Waals surface area contributed by atoms with Gasteiger partial charge in [0.2, 0.25) is 5.95 Å². The Labute approximate surface area is 203 Å². The summed E-state index contributed by atoms with van der Waals surface area (Å²) in [5.74, 6) is 5.76. The van der Waals surface area contributed by atoms with Crippen LogP contribution in [-0.2, 0) is 17.2 Å². The predicted octanol–water partition coefficient (Wildman–Crippen LogP) is 3.38. The van der Waals surface area contributed by atoms with Crippen LogP contribution in [-0.4, -0.2) is 50.3 Å². The molecule has 0 bridgehead atoms. The van der Waals surface area contributed by atoms with E-state index >= 15 is 0 Å². The molecule has 0 radical (unpaired) electrons. The molecule has 6 nitrogen and oxygen atoms in total. The molecule has 7 heteroatoms. The average Bonchev–Trinajstić information content (AvgIpc) is 3.41. The Balaban J connectivity index is 1.26. The number of hydrogen-bond donors (Lipinski definition) is 2. The molecule has 0 unspecified atom stereocenters. The van der Waals surface area contributed by atoms with Crippen molar-refractivity contribution in [2.75, 3.05) is 35.7 Å². The van der Waals surface area contributed by atoms with E-state index in [-0.39, 0.29) is 12.1 Å². The van der Waals surface area contributed by atoms with E-state index in [1.54, 1.807) is 0 Å². The summed E-state index contributed by atoms with van der Waals surface area (Å²) in [6.45, 7) is 1.88.